The van der Waals surface area contributed by atoms with Crippen LogP contribution >= 0.6 is 11.3 Å². The van der Waals surface area contributed by atoms with E-state index < -0.39 is 5.97 Å². The normalized spacial score (nSPS) is 10.7. The lowest BCUT2D eigenvalue weighted by molar-refractivity contribution is -0.137. The Morgan fingerprint density at radius 3 is 2.70 bits per heavy atom. The van der Waals surface area contributed by atoms with Crippen molar-refractivity contribution >= 4 is 35.1 Å². The first-order chi connectivity index (χ1) is 9.49. The van der Waals surface area contributed by atoms with Crippen LogP contribution in [0.15, 0.2) is 18.2 Å². The van der Waals surface area contributed by atoms with E-state index in [1.165, 1.54) is 18.3 Å². The summed E-state index contributed by atoms with van der Waals surface area (Å²) in [5, 5.41) is 11.2. The van der Waals surface area contributed by atoms with Gasteiger partial charge < -0.3 is 10.4 Å². The van der Waals surface area contributed by atoms with E-state index >= 15 is 0 Å². The quantitative estimate of drug-likeness (QED) is 0.569. The van der Waals surface area contributed by atoms with E-state index in [-0.39, 0.29) is 24.5 Å². The number of hydrogen-bond acceptors (Lipinski definition) is 4. The van der Waals surface area contributed by atoms with Crippen LogP contribution in [0.1, 0.15) is 40.7 Å². The van der Waals surface area contributed by atoms with Gasteiger partial charge in [0.2, 0.25) is 5.91 Å². The van der Waals surface area contributed by atoms with Crippen LogP contribution < -0.4 is 5.32 Å². The number of aliphatic carboxylic acids is 1. The molecular weight excluding hydrogens is 278 g/mol. The van der Waals surface area contributed by atoms with E-state index in [1.807, 2.05) is 18.2 Å². The third-order valence-electron chi connectivity index (χ3n) is 2.43. The highest BCUT2D eigenvalue weighted by molar-refractivity contribution is 7.14. The first kappa shape index (κ1) is 16.1. The number of hydrogen-bond donors (Lipinski definition) is 2. The second kappa shape index (κ2) is 8.27. The fourth-order valence-electron chi connectivity index (χ4n) is 1.47. The Morgan fingerprint density at radius 2 is 2.05 bits per heavy atom. The predicted octanol–water partition coefficient (Wildman–Crippen LogP) is 2.33. The SMILES string of the molecule is CC(=O)NCCC=Cc1ccc(C(=O)CCC(=O)O)s1. The lowest BCUT2D eigenvalue weighted by Gasteiger charge is -1.96. The summed E-state index contributed by atoms with van der Waals surface area (Å²) in [5.74, 6) is -1.16. The van der Waals surface area contributed by atoms with Crippen LogP contribution in [0.5, 0.6) is 0 Å². The highest BCUT2D eigenvalue weighted by Crippen LogP contribution is 2.20. The summed E-state index contributed by atoms with van der Waals surface area (Å²) in [6.07, 6.45) is 4.42. The molecule has 2 N–H and O–H groups in total. The van der Waals surface area contributed by atoms with E-state index in [0.29, 0.717) is 11.4 Å². The van der Waals surface area contributed by atoms with Crippen molar-refractivity contribution in [1.82, 2.24) is 5.32 Å². The molecule has 20 heavy (non-hydrogen) atoms. The molecule has 1 heterocycles. The molecule has 0 saturated carbocycles. The molecule has 1 aromatic rings. The average Bonchev–Trinajstić information content (AvgIpc) is 2.84. The first-order valence-corrected chi connectivity index (χ1v) is 7.06. The molecule has 0 unspecified atom stereocenters. The van der Waals surface area contributed by atoms with Gasteiger partial charge in [-0.1, -0.05) is 6.08 Å². The Balaban J connectivity index is 2.42. The zero-order chi connectivity index (χ0) is 15.0. The number of carboxylic acids is 1. The van der Waals surface area contributed by atoms with Gasteiger partial charge in [0, 0.05) is 24.8 Å². The van der Waals surface area contributed by atoms with Crippen molar-refractivity contribution in [2.45, 2.75) is 26.2 Å². The Bertz CT molecular complexity index is 519. The van der Waals surface area contributed by atoms with Crippen LogP contribution in [0.2, 0.25) is 0 Å². The van der Waals surface area contributed by atoms with Crippen molar-refractivity contribution < 1.29 is 19.5 Å². The number of rotatable bonds is 8. The molecule has 0 bridgehead atoms. The Kier molecular flexibility index (Phi) is 6.66. The number of Topliss-reactive ketones (excluding diaryl/α,β-unsaturated/α-hetero) is 1. The van der Waals surface area contributed by atoms with Crippen LogP contribution in [-0.2, 0) is 9.59 Å². The van der Waals surface area contributed by atoms with Gasteiger partial charge in [-0.15, -0.1) is 11.3 Å². The molecule has 1 rings (SSSR count). The van der Waals surface area contributed by atoms with Crippen LogP contribution in [0.25, 0.3) is 6.08 Å². The molecule has 0 aliphatic rings. The van der Waals surface area contributed by atoms with Crippen molar-refractivity contribution in [3.05, 3.63) is 28.0 Å². The van der Waals surface area contributed by atoms with Crippen LogP contribution in [-0.4, -0.2) is 29.3 Å². The first-order valence-electron chi connectivity index (χ1n) is 6.25. The maximum absolute atomic E-state index is 11.7. The second-order valence-electron chi connectivity index (χ2n) is 4.19. The van der Waals surface area contributed by atoms with E-state index in [9.17, 15) is 14.4 Å². The van der Waals surface area contributed by atoms with Gasteiger partial charge in [0.25, 0.3) is 0 Å². The van der Waals surface area contributed by atoms with Crippen LogP contribution in [0.3, 0.4) is 0 Å². The zero-order valence-electron chi connectivity index (χ0n) is 11.2. The molecule has 5 nitrogen and oxygen atoms in total. The van der Waals surface area contributed by atoms with E-state index in [4.69, 9.17) is 5.11 Å². The summed E-state index contributed by atoms with van der Waals surface area (Å²) >= 11 is 1.34. The summed E-state index contributed by atoms with van der Waals surface area (Å²) in [6, 6.07) is 3.54. The van der Waals surface area contributed by atoms with Crippen molar-refractivity contribution in [1.29, 1.82) is 0 Å². The highest BCUT2D eigenvalue weighted by atomic mass is 32.1. The summed E-state index contributed by atoms with van der Waals surface area (Å²) in [5.41, 5.74) is 0. The fourth-order valence-corrected chi connectivity index (χ4v) is 2.37. The van der Waals surface area contributed by atoms with E-state index in [2.05, 4.69) is 5.32 Å². The summed E-state index contributed by atoms with van der Waals surface area (Å²) < 4.78 is 0. The number of carbonyl (C=O) groups is 3. The molecule has 108 valence electrons. The molecular formula is C14H17NO4S. The third kappa shape index (κ3) is 6.29. The standard InChI is InChI=1S/C14H17NO4S/c1-10(16)15-9-3-2-4-11-5-7-13(20-11)12(17)6-8-14(18)19/h2,4-5,7H,3,6,8-9H2,1H3,(H,15,16)(H,18,19). The van der Waals surface area contributed by atoms with Gasteiger partial charge in [-0.3, -0.25) is 14.4 Å². The minimum atomic E-state index is -0.965. The molecule has 0 aromatic carbocycles. The average molecular weight is 295 g/mol. The molecule has 0 saturated heterocycles. The molecule has 0 spiro atoms. The molecule has 0 aliphatic heterocycles. The number of ketones is 1. The number of carbonyl (C=O) groups excluding carboxylic acids is 2. The van der Waals surface area contributed by atoms with E-state index in [1.54, 1.807) is 6.07 Å². The van der Waals surface area contributed by atoms with Crippen molar-refractivity contribution in [3.63, 3.8) is 0 Å². The summed E-state index contributed by atoms with van der Waals surface area (Å²) in [4.78, 5) is 34.3. The minimum Gasteiger partial charge on any atom is -0.481 e. The van der Waals surface area contributed by atoms with E-state index in [0.717, 1.165) is 11.3 Å². The van der Waals surface area contributed by atoms with Crippen LogP contribution in [0, 0.1) is 0 Å². The number of amides is 1. The maximum atomic E-state index is 11.7. The van der Waals surface area contributed by atoms with Gasteiger partial charge in [0.05, 0.1) is 11.3 Å². The fraction of sp³-hybridized carbons (Fsp3) is 0.357. The molecule has 0 atom stereocenters. The lowest BCUT2D eigenvalue weighted by Crippen LogP contribution is -2.20. The molecule has 0 aliphatic carbocycles. The number of nitrogens with one attached hydrogen (secondary N) is 1. The summed E-state index contributed by atoms with van der Waals surface area (Å²) in [6.45, 7) is 2.06. The molecule has 1 amide bonds. The van der Waals surface area contributed by atoms with Crippen LogP contribution in [0.4, 0.5) is 0 Å². The van der Waals surface area contributed by atoms with Crippen molar-refractivity contribution in [2.75, 3.05) is 6.54 Å². The molecule has 0 radical (unpaired) electrons. The highest BCUT2D eigenvalue weighted by Gasteiger charge is 2.10. The predicted molar refractivity (Wildman–Crippen MR) is 77.9 cm³/mol. The monoisotopic (exact) mass is 295 g/mol. The van der Waals surface area contributed by atoms with Gasteiger partial charge in [0.1, 0.15) is 0 Å². The van der Waals surface area contributed by atoms with Gasteiger partial charge in [-0.2, -0.15) is 0 Å². The Labute approximate surface area is 121 Å². The van der Waals surface area contributed by atoms with Gasteiger partial charge >= 0.3 is 5.97 Å². The maximum Gasteiger partial charge on any atom is 0.303 e. The zero-order valence-corrected chi connectivity index (χ0v) is 12.0. The largest absolute Gasteiger partial charge is 0.481 e. The van der Waals surface area contributed by atoms with Gasteiger partial charge in [0.15, 0.2) is 5.78 Å². The Hall–Kier alpha value is -1.95. The van der Waals surface area contributed by atoms with Gasteiger partial charge in [-0.25, -0.2) is 0 Å². The second-order valence-corrected chi connectivity index (χ2v) is 5.31. The van der Waals surface area contributed by atoms with Crippen molar-refractivity contribution in [3.8, 4) is 0 Å². The summed E-state index contributed by atoms with van der Waals surface area (Å²) in [7, 11) is 0. The molecule has 6 heteroatoms. The van der Waals surface area contributed by atoms with Gasteiger partial charge in [-0.05, 0) is 24.6 Å². The minimum absolute atomic E-state index is 0.0293. The topological polar surface area (TPSA) is 83.5 Å². The lowest BCUT2D eigenvalue weighted by atomic mass is 10.2. The Morgan fingerprint density at radius 1 is 1.30 bits per heavy atom. The number of thiophene rings is 1. The molecule has 1 aromatic heterocycles. The smallest absolute Gasteiger partial charge is 0.303 e. The third-order valence-corrected chi connectivity index (χ3v) is 3.53. The number of carboxylic acid groups (broad SMARTS) is 1. The van der Waals surface area contributed by atoms with Crippen molar-refractivity contribution in [2.24, 2.45) is 0 Å². The molecule has 0 fully saturated rings.